The summed E-state index contributed by atoms with van der Waals surface area (Å²) in [6, 6.07) is 14.0. The van der Waals surface area contributed by atoms with Crippen LogP contribution in [0.3, 0.4) is 0 Å². The van der Waals surface area contributed by atoms with Crippen molar-refractivity contribution in [2.24, 2.45) is 13.0 Å². The third-order valence-electron chi connectivity index (χ3n) is 6.61. The Morgan fingerprint density at radius 3 is 2.63 bits per heavy atom. The maximum Gasteiger partial charge on any atom is 0.291 e. The van der Waals surface area contributed by atoms with Crippen LogP contribution in [0, 0.1) is 12.8 Å². The molecule has 2 aromatic heterocycles. The minimum atomic E-state index is 0.581. The Balaban J connectivity index is 1.81. The van der Waals surface area contributed by atoms with Crippen LogP contribution in [0.25, 0.3) is 32.6 Å². The molecule has 0 radical (unpaired) electrons. The first-order valence-corrected chi connectivity index (χ1v) is 12.2. The highest BCUT2D eigenvalue weighted by Gasteiger charge is 2.33. The van der Waals surface area contributed by atoms with Crippen molar-refractivity contribution >= 4 is 32.6 Å². The topological polar surface area (TPSA) is 21.7 Å². The van der Waals surface area contributed by atoms with E-state index >= 15 is 0 Å². The average Bonchev–Trinajstić information content (AvgIpc) is 3.27. The summed E-state index contributed by atoms with van der Waals surface area (Å²) in [5.74, 6) is 1.98. The fraction of sp³-hybridized carbons (Fsp3) is 0.462. The van der Waals surface area contributed by atoms with E-state index in [0.29, 0.717) is 12.0 Å². The van der Waals surface area contributed by atoms with Crippen LogP contribution in [0.2, 0.25) is 0 Å². The predicted molar refractivity (Wildman–Crippen MR) is 127 cm³/mol. The molecular weight excluding hydrogens is 386 g/mol. The Kier molecular flexibility index (Phi) is 5.14. The average molecular weight is 419 g/mol. The Hall–Kier alpha value is -2.20. The van der Waals surface area contributed by atoms with Crippen molar-refractivity contribution in [3.05, 3.63) is 47.0 Å². The number of hydrogen-bond donors (Lipinski definition) is 0. The second-order valence-electron chi connectivity index (χ2n) is 9.34. The SMILES string of the molecule is Cc1ccc2nc(CC(C)C)sc2c1-c1n(C2CCCCC2)c2ccccc2[n+]1C. The van der Waals surface area contributed by atoms with Gasteiger partial charge in [0.1, 0.15) is 6.04 Å². The highest BCUT2D eigenvalue weighted by molar-refractivity contribution is 7.19. The van der Waals surface area contributed by atoms with Gasteiger partial charge in [0.2, 0.25) is 0 Å². The third-order valence-corrected chi connectivity index (χ3v) is 7.72. The van der Waals surface area contributed by atoms with E-state index in [4.69, 9.17) is 4.98 Å². The molecule has 4 heteroatoms. The van der Waals surface area contributed by atoms with Crippen LogP contribution in [0.5, 0.6) is 0 Å². The molecule has 0 unspecified atom stereocenters. The minimum absolute atomic E-state index is 0.581. The van der Waals surface area contributed by atoms with Crippen LogP contribution in [-0.4, -0.2) is 9.55 Å². The zero-order chi connectivity index (χ0) is 20.8. The lowest BCUT2D eigenvalue weighted by Crippen LogP contribution is -2.31. The zero-order valence-corrected chi connectivity index (χ0v) is 19.4. The van der Waals surface area contributed by atoms with Gasteiger partial charge in [0.25, 0.3) is 5.82 Å². The van der Waals surface area contributed by atoms with Crippen molar-refractivity contribution in [2.45, 2.75) is 65.3 Å². The molecule has 156 valence electrons. The number of benzene rings is 2. The molecule has 0 N–H and O–H groups in total. The molecule has 0 spiro atoms. The molecule has 1 aliphatic carbocycles. The minimum Gasteiger partial charge on any atom is -0.241 e. The van der Waals surface area contributed by atoms with Gasteiger partial charge in [-0.15, -0.1) is 11.3 Å². The summed E-state index contributed by atoms with van der Waals surface area (Å²) >= 11 is 1.90. The van der Waals surface area contributed by atoms with E-state index < -0.39 is 0 Å². The van der Waals surface area contributed by atoms with Gasteiger partial charge >= 0.3 is 0 Å². The summed E-state index contributed by atoms with van der Waals surface area (Å²) < 4.78 is 6.44. The number of imidazole rings is 1. The fourth-order valence-electron chi connectivity index (χ4n) is 5.19. The molecule has 4 aromatic rings. The number of para-hydroxylation sites is 2. The number of rotatable bonds is 4. The van der Waals surface area contributed by atoms with Crippen LogP contribution < -0.4 is 4.57 Å². The fourth-order valence-corrected chi connectivity index (χ4v) is 6.56. The largest absolute Gasteiger partial charge is 0.291 e. The predicted octanol–water partition coefficient (Wildman–Crippen LogP) is 6.75. The molecule has 1 saturated carbocycles. The van der Waals surface area contributed by atoms with Crippen LogP contribution in [-0.2, 0) is 13.5 Å². The van der Waals surface area contributed by atoms with E-state index in [1.165, 1.54) is 69.8 Å². The Bertz CT molecular complexity index is 1210. The first-order chi connectivity index (χ1) is 14.5. The summed E-state index contributed by atoms with van der Waals surface area (Å²) in [6.07, 6.45) is 7.66. The third kappa shape index (κ3) is 3.26. The lowest BCUT2D eigenvalue weighted by atomic mass is 9.94. The maximum absolute atomic E-state index is 5.01. The molecule has 2 aromatic carbocycles. The lowest BCUT2D eigenvalue weighted by molar-refractivity contribution is -0.634. The van der Waals surface area contributed by atoms with Gasteiger partial charge in [-0.3, -0.25) is 0 Å². The van der Waals surface area contributed by atoms with E-state index in [9.17, 15) is 0 Å². The van der Waals surface area contributed by atoms with Gasteiger partial charge in [0.05, 0.1) is 27.8 Å². The summed E-state index contributed by atoms with van der Waals surface area (Å²) in [6.45, 7) is 6.82. The standard InChI is InChI=1S/C26H32N3S/c1-17(2)16-23-27-20-15-14-18(3)24(25(20)30-23)26-28(4)21-12-8-9-13-22(21)29(26)19-10-6-5-7-11-19/h8-9,12-15,17,19H,5-7,10-11,16H2,1-4H3/q+1. The highest BCUT2D eigenvalue weighted by atomic mass is 32.1. The highest BCUT2D eigenvalue weighted by Crippen LogP contribution is 2.40. The number of hydrogen-bond acceptors (Lipinski definition) is 2. The van der Waals surface area contributed by atoms with E-state index in [2.05, 4.69) is 73.4 Å². The second-order valence-corrected chi connectivity index (χ2v) is 10.4. The molecule has 0 saturated heterocycles. The van der Waals surface area contributed by atoms with Crippen LogP contribution in [0.15, 0.2) is 36.4 Å². The molecule has 3 nitrogen and oxygen atoms in total. The number of fused-ring (bicyclic) bond motifs is 2. The monoisotopic (exact) mass is 418 g/mol. The van der Waals surface area contributed by atoms with Crippen molar-refractivity contribution < 1.29 is 4.57 Å². The molecule has 0 atom stereocenters. The van der Waals surface area contributed by atoms with Crippen molar-refractivity contribution in [1.82, 2.24) is 9.55 Å². The van der Waals surface area contributed by atoms with Crippen molar-refractivity contribution in [3.63, 3.8) is 0 Å². The van der Waals surface area contributed by atoms with Gasteiger partial charge in [-0.05, 0) is 62.3 Å². The molecule has 0 aliphatic heterocycles. The smallest absolute Gasteiger partial charge is 0.241 e. The molecule has 30 heavy (non-hydrogen) atoms. The molecule has 5 rings (SSSR count). The van der Waals surface area contributed by atoms with Crippen molar-refractivity contribution in [2.75, 3.05) is 0 Å². The normalized spacial score (nSPS) is 15.6. The van der Waals surface area contributed by atoms with Crippen molar-refractivity contribution in [3.8, 4) is 11.4 Å². The number of thiazole rings is 1. The van der Waals surface area contributed by atoms with E-state index in [-0.39, 0.29) is 0 Å². The molecule has 2 heterocycles. The molecule has 1 fully saturated rings. The Morgan fingerprint density at radius 2 is 1.87 bits per heavy atom. The van der Waals surface area contributed by atoms with Gasteiger partial charge in [-0.25, -0.2) is 14.1 Å². The number of aromatic nitrogens is 3. The summed E-state index contributed by atoms with van der Waals surface area (Å²) in [7, 11) is 2.24. The zero-order valence-electron chi connectivity index (χ0n) is 18.6. The Morgan fingerprint density at radius 1 is 1.10 bits per heavy atom. The van der Waals surface area contributed by atoms with Crippen molar-refractivity contribution in [1.29, 1.82) is 0 Å². The molecule has 0 amide bonds. The summed E-state index contributed by atoms with van der Waals surface area (Å²) in [5.41, 5.74) is 6.56. The molecular formula is C26H32N3S+. The van der Waals surface area contributed by atoms with Gasteiger partial charge < -0.3 is 0 Å². The molecule has 1 aliphatic rings. The lowest BCUT2D eigenvalue weighted by Gasteiger charge is -2.21. The van der Waals surface area contributed by atoms with Gasteiger partial charge in [0.15, 0.2) is 11.0 Å². The maximum atomic E-state index is 5.01. The van der Waals surface area contributed by atoms with Crippen LogP contribution >= 0.6 is 11.3 Å². The Labute approximate surface area is 183 Å². The van der Waals surface area contributed by atoms with E-state index in [1.807, 2.05) is 11.3 Å². The molecule has 0 bridgehead atoms. The quantitative estimate of drug-likeness (QED) is 0.336. The first kappa shape index (κ1) is 19.7. The summed E-state index contributed by atoms with van der Waals surface area (Å²) in [4.78, 5) is 5.01. The number of aryl methyl sites for hydroxylation is 2. The van der Waals surface area contributed by atoms with Crippen LogP contribution in [0.1, 0.15) is 62.6 Å². The van der Waals surface area contributed by atoms with Gasteiger partial charge in [-0.1, -0.05) is 38.5 Å². The van der Waals surface area contributed by atoms with E-state index in [1.54, 1.807) is 0 Å². The van der Waals surface area contributed by atoms with Gasteiger partial charge in [-0.2, -0.15) is 0 Å². The van der Waals surface area contributed by atoms with E-state index in [0.717, 1.165) is 11.9 Å². The van der Waals surface area contributed by atoms with Gasteiger partial charge in [0, 0.05) is 6.42 Å². The van der Waals surface area contributed by atoms with Crippen LogP contribution in [0.4, 0.5) is 0 Å². The summed E-state index contributed by atoms with van der Waals surface area (Å²) in [5, 5.41) is 1.26. The number of nitrogens with zero attached hydrogens (tertiary/aromatic N) is 3. The second kappa shape index (κ2) is 7.81. The first-order valence-electron chi connectivity index (χ1n) is 11.4.